The van der Waals surface area contributed by atoms with Crippen molar-refractivity contribution in [2.75, 3.05) is 13.2 Å². The molecule has 1 atom stereocenters. The lowest BCUT2D eigenvalue weighted by molar-refractivity contribution is -0.167. The summed E-state index contributed by atoms with van der Waals surface area (Å²) >= 11 is 0. The summed E-state index contributed by atoms with van der Waals surface area (Å²) in [6.07, 6.45) is 88.5. The first-order valence-electron chi connectivity index (χ1n) is 33.2. The maximum atomic E-state index is 12.9. The highest BCUT2D eigenvalue weighted by molar-refractivity contribution is 5.71. The van der Waals surface area contributed by atoms with E-state index in [9.17, 15) is 14.4 Å². The minimum Gasteiger partial charge on any atom is -0.462 e. The van der Waals surface area contributed by atoms with Crippen LogP contribution >= 0.6 is 0 Å². The van der Waals surface area contributed by atoms with Gasteiger partial charge in [0.05, 0.1) is 0 Å². The molecule has 0 amide bonds. The molecular formula is C72H124O6. The molecule has 0 aliphatic carbocycles. The van der Waals surface area contributed by atoms with E-state index in [-0.39, 0.29) is 31.1 Å². The first-order chi connectivity index (χ1) is 38.5. The molecular weight excluding hydrogens is 961 g/mol. The van der Waals surface area contributed by atoms with Gasteiger partial charge in [0.1, 0.15) is 13.2 Å². The highest BCUT2D eigenvalue weighted by Gasteiger charge is 2.19. The van der Waals surface area contributed by atoms with Crippen molar-refractivity contribution in [1.29, 1.82) is 0 Å². The second kappa shape index (κ2) is 65.8. The molecule has 0 spiro atoms. The standard InChI is InChI=1S/C72H124O6/c1-4-7-10-13-16-19-22-25-28-30-32-33-34-35-36-37-38-39-41-42-44-47-50-53-56-59-62-65-71(74)77-68-69(67-76-70(73)64-61-58-55-52-49-46-27-24-21-18-15-12-9-6-3)78-72(75)66-63-60-57-54-51-48-45-43-40-31-29-26-23-20-17-14-11-8-5-2/h7,10,16,19,25,28,32-33,35-36,38-39,42,44,50,53,69H,4-6,8-9,11-15,17-18,20-24,26-27,29-31,34,37,40-41,43,45-49,51-52,54-68H2,1-3H3/b10-7-,19-16-,28-25-,33-32-,36-35-,39-38-,44-42-,53-50-. The van der Waals surface area contributed by atoms with Crippen molar-refractivity contribution in [2.24, 2.45) is 0 Å². The van der Waals surface area contributed by atoms with Crippen molar-refractivity contribution in [1.82, 2.24) is 0 Å². The quantitative estimate of drug-likeness (QED) is 0.0261. The zero-order valence-corrected chi connectivity index (χ0v) is 51.4. The van der Waals surface area contributed by atoms with E-state index in [2.05, 4.69) is 118 Å². The van der Waals surface area contributed by atoms with Crippen LogP contribution in [0, 0.1) is 0 Å². The van der Waals surface area contributed by atoms with Crippen molar-refractivity contribution in [3.8, 4) is 0 Å². The third-order valence-corrected chi connectivity index (χ3v) is 14.4. The smallest absolute Gasteiger partial charge is 0.306 e. The van der Waals surface area contributed by atoms with Gasteiger partial charge in [0, 0.05) is 19.3 Å². The Morgan fingerprint density at radius 3 is 0.782 bits per heavy atom. The van der Waals surface area contributed by atoms with E-state index in [0.717, 1.165) is 109 Å². The topological polar surface area (TPSA) is 78.9 Å². The zero-order valence-electron chi connectivity index (χ0n) is 51.4. The summed E-state index contributed by atoms with van der Waals surface area (Å²) in [7, 11) is 0. The number of ether oxygens (including phenoxy) is 3. The van der Waals surface area contributed by atoms with Crippen LogP contribution in [0.4, 0.5) is 0 Å². The van der Waals surface area contributed by atoms with Crippen LogP contribution in [0.15, 0.2) is 97.2 Å². The van der Waals surface area contributed by atoms with E-state index in [4.69, 9.17) is 14.2 Å². The van der Waals surface area contributed by atoms with Gasteiger partial charge in [-0.05, 0) is 83.5 Å². The molecule has 0 aliphatic heterocycles. The monoisotopic (exact) mass is 1080 g/mol. The van der Waals surface area contributed by atoms with Crippen LogP contribution in [0.3, 0.4) is 0 Å². The van der Waals surface area contributed by atoms with Crippen molar-refractivity contribution in [2.45, 2.75) is 329 Å². The molecule has 448 valence electrons. The average molecular weight is 1090 g/mol. The van der Waals surface area contributed by atoms with Gasteiger partial charge in [0.15, 0.2) is 6.10 Å². The summed E-state index contributed by atoms with van der Waals surface area (Å²) < 4.78 is 16.9. The van der Waals surface area contributed by atoms with Gasteiger partial charge in [-0.15, -0.1) is 0 Å². The Balaban J connectivity index is 4.41. The van der Waals surface area contributed by atoms with E-state index in [1.165, 1.54) is 173 Å². The van der Waals surface area contributed by atoms with Crippen LogP contribution in [-0.4, -0.2) is 37.2 Å². The number of allylic oxidation sites excluding steroid dienone is 16. The fourth-order valence-corrected chi connectivity index (χ4v) is 9.40. The Kier molecular flexibility index (Phi) is 62.7. The number of hydrogen-bond donors (Lipinski definition) is 0. The summed E-state index contributed by atoms with van der Waals surface area (Å²) in [5.41, 5.74) is 0. The molecule has 0 aromatic heterocycles. The molecule has 0 bridgehead atoms. The SMILES string of the molecule is CC/C=C\C/C=C\C/C=C\C/C=C\C/C=C\C/C=C\C/C=C\C/C=C\CCCCC(=O)OCC(COC(=O)CCCCCCCCCCCCCCCC)OC(=O)CCCCCCCCCCCCCCCCCCCCC. The molecule has 0 radical (unpaired) electrons. The molecule has 0 saturated carbocycles. The zero-order chi connectivity index (χ0) is 56.4. The summed E-state index contributed by atoms with van der Waals surface area (Å²) in [5.74, 6) is -0.917. The number of esters is 3. The second-order valence-electron chi connectivity index (χ2n) is 22.0. The van der Waals surface area contributed by atoms with Crippen LogP contribution < -0.4 is 0 Å². The number of hydrogen-bond acceptors (Lipinski definition) is 6. The third kappa shape index (κ3) is 63.2. The van der Waals surface area contributed by atoms with E-state index in [1.807, 2.05) is 0 Å². The van der Waals surface area contributed by atoms with E-state index in [1.54, 1.807) is 0 Å². The number of carbonyl (C=O) groups is 3. The molecule has 0 rings (SSSR count). The van der Waals surface area contributed by atoms with E-state index < -0.39 is 6.10 Å². The van der Waals surface area contributed by atoms with Gasteiger partial charge in [0.2, 0.25) is 0 Å². The minimum absolute atomic E-state index is 0.0870. The normalized spacial score (nSPS) is 12.7. The van der Waals surface area contributed by atoms with Crippen molar-refractivity contribution >= 4 is 17.9 Å². The van der Waals surface area contributed by atoms with Gasteiger partial charge in [-0.1, -0.05) is 317 Å². The molecule has 6 nitrogen and oxygen atoms in total. The lowest BCUT2D eigenvalue weighted by atomic mass is 10.0. The van der Waals surface area contributed by atoms with Gasteiger partial charge >= 0.3 is 17.9 Å². The number of carbonyl (C=O) groups excluding carboxylic acids is 3. The molecule has 0 aromatic carbocycles. The molecule has 1 unspecified atom stereocenters. The van der Waals surface area contributed by atoms with Gasteiger partial charge in [-0.3, -0.25) is 14.4 Å². The molecule has 0 saturated heterocycles. The van der Waals surface area contributed by atoms with Crippen molar-refractivity contribution < 1.29 is 28.6 Å². The summed E-state index contributed by atoms with van der Waals surface area (Å²) in [6.45, 7) is 6.53. The Labute approximate surface area is 483 Å². The van der Waals surface area contributed by atoms with Crippen LogP contribution in [-0.2, 0) is 28.6 Å². The minimum atomic E-state index is -0.794. The first-order valence-corrected chi connectivity index (χ1v) is 33.2. The predicted molar refractivity (Wildman–Crippen MR) is 339 cm³/mol. The lowest BCUT2D eigenvalue weighted by Gasteiger charge is -2.18. The van der Waals surface area contributed by atoms with Crippen LogP contribution in [0.1, 0.15) is 323 Å². The molecule has 78 heavy (non-hydrogen) atoms. The maximum absolute atomic E-state index is 12.9. The van der Waals surface area contributed by atoms with Gasteiger partial charge in [-0.25, -0.2) is 0 Å². The molecule has 0 N–H and O–H groups in total. The van der Waals surface area contributed by atoms with Crippen LogP contribution in [0.2, 0.25) is 0 Å². The predicted octanol–water partition coefficient (Wildman–Crippen LogP) is 22.8. The second-order valence-corrected chi connectivity index (χ2v) is 22.0. The van der Waals surface area contributed by atoms with E-state index in [0.29, 0.717) is 19.3 Å². The summed E-state index contributed by atoms with van der Waals surface area (Å²) in [4.78, 5) is 38.3. The lowest BCUT2D eigenvalue weighted by Crippen LogP contribution is -2.30. The average Bonchev–Trinajstić information content (AvgIpc) is 3.44. The molecule has 0 fully saturated rings. The number of rotatable bonds is 60. The van der Waals surface area contributed by atoms with Crippen LogP contribution in [0.25, 0.3) is 0 Å². The maximum Gasteiger partial charge on any atom is 0.306 e. The van der Waals surface area contributed by atoms with Crippen molar-refractivity contribution in [3.63, 3.8) is 0 Å². The van der Waals surface area contributed by atoms with Gasteiger partial charge < -0.3 is 14.2 Å². The molecule has 0 aromatic rings. The highest BCUT2D eigenvalue weighted by atomic mass is 16.6. The fraction of sp³-hybridized carbons (Fsp3) is 0.736. The number of unbranched alkanes of at least 4 members (excludes halogenated alkanes) is 33. The van der Waals surface area contributed by atoms with E-state index >= 15 is 0 Å². The third-order valence-electron chi connectivity index (χ3n) is 14.4. The Bertz CT molecular complexity index is 1530. The van der Waals surface area contributed by atoms with Crippen molar-refractivity contribution in [3.05, 3.63) is 97.2 Å². The molecule has 0 heterocycles. The van der Waals surface area contributed by atoms with Gasteiger partial charge in [-0.2, -0.15) is 0 Å². The highest BCUT2D eigenvalue weighted by Crippen LogP contribution is 2.17. The first kappa shape index (κ1) is 74.3. The largest absolute Gasteiger partial charge is 0.462 e. The molecule has 0 aliphatic rings. The van der Waals surface area contributed by atoms with Gasteiger partial charge in [0.25, 0.3) is 0 Å². The fourth-order valence-electron chi connectivity index (χ4n) is 9.40. The molecule has 6 heteroatoms. The summed E-state index contributed by atoms with van der Waals surface area (Å²) in [6, 6.07) is 0. The summed E-state index contributed by atoms with van der Waals surface area (Å²) in [5, 5.41) is 0. The van der Waals surface area contributed by atoms with Crippen LogP contribution in [0.5, 0.6) is 0 Å². The Morgan fingerprint density at radius 2 is 0.500 bits per heavy atom. The Hall–Kier alpha value is -3.67. The Morgan fingerprint density at radius 1 is 0.269 bits per heavy atom.